The number of aromatic carboxylic acids is 1. The second-order valence-electron chi connectivity index (χ2n) is 5.12. The van der Waals surface area contributed by atoms with Crippen LogP contribution >= 0.6 is 0 Å². The van der Waals surface area contributed by atoms with Crippen LogP contribution in [0.25, 0.3) is 21.3 Å². The molecule has 118 valence electrons. The van der Waals surface area contributed by atoms with Gasteiger partial charge in [-0.2, -0.15) is 0 Å². The number of halogens is 1. The van der Waals surface area contributed by atoms with E-state index in [-0.39, 0.29) is 20.3 Å². The SMILES string of the molecule is Cc1nc(-c2ccc(-c3ccc(F)cc3)c(C#N)c2)[se]c1C(=O)O. The molecule has 0 aliphatic carbocycles. The van der Waals surface area contributed by atoms with E-state index in [0.717, 1.165) is 11.1 Å². The fourth-order valence-corrected chi connectivity index (χ4v) is 4.26. The van der Waals surface area contributed by atoms with E-state index >= 15 is 0 Å². The first-order valence-electron chi connectivity index (χ1n) is 7.01. The van der Waals surface area contributed by atoms with Gasteiger partial charge in [0.15, 0.2) is 0 Å². The van der Waals surface area contributed by atoms with Gasteiger partial charge in [-0.15, -0.1) is 0 Å². The Balaban J connectivity index is 2.07. The van der Waals surface area contributed by atoms with Crippen LogP contribution in [0.3, 0.4) is 0 Å². The number of aromatic nitrogens is 1. The predicted molar refractivity (Wildman–Crippen MR) is 88.4 cm³/mol. The van der Waals surface area contributed by atoms with Gasteiger partial charge in [-0.25, -0.2) is 0 Å². The molecule has 0 amide bonds. The fourth-order valence-electron chi connectivity index (χ4n) is 2.37. The zero-order chi connectivity index (χ0) is 17.3. The van der Waals surface area contributed by atoms with E-state index < -0.39 is 5.97 Å². The van der Waals surface area contributed by atoms with Crippen LogP contribution < -0.4 is 0 Å². The number of nitriles is 1. The van der Waals surface area contributed by atoms with Gasteiger partial charge in [0.25, 0.3) is 0 Å². The number of hydrogen-bond donors (Lipinski definition) is 1. The number of nitrogens with zero attached hydrogens (tertiary/aromatic N) is 2. The molecule has 0 fully saturated rings. The van der Waals surface area contributed by atoms with Crippen LogP contribution in [0, 0.1) is 24.1 Å². The van der Waals surface area contributed by atoms with E-state index in [9.17, 15) is 14.4 Å². The van der Waals surface area contributed by atoms with Crippen molar-refractivity contribution in [1.82, 2.24) is 4.98 Å². The molecule has 6 heteroatoms. The maximum absolute atomic E-state index is 13.1. The van der Waals surface area contributed by atoms with E-state index in [1.807, 2.05) is 6.07 Å². The molecule has 1 heterocycles. The quantitative estimate of drug-likeness (QED) is 0.701. The average molecular weight is 385 g/mol. The van der Waals surface area contributed by atoms with E-state index in [0.29, 0.717) is 25.8 Å². The maximum atomic E-state index is 13.1. The van der Waals surface area contributed by atoms with Crippen LogP contribution in [-0.2, 0) is 0 Å². The van der Waals surface area contributed by atoms with Crippen molar-refractivity contribution in [3.63, 3.8) is 0 Å². The van der Waals surface area contributed by atoms with Crippen molar-refractivity contribution >= 4 is 20.5 Å². The Morgan fingerprint density at radius 3 is 2.46 bits per heavy atom. The average Bonchev–Trinajstić information content (AvgIpc) is 2.97. The first-order valence-corrected chi connectivity index (χ1v) is 8.72. The molecule has 3 rings (SSSR count). The molecule has 3 aromatic rings. The van der Waals surface area contributed by atoms with Crippen LogP contribution in [0.4, 0.5) is 4.39 Å². The van der Waals surface area contributed by atoms with E-state index in [1.165, 1.54) is 12.1 Å². The van der Waals surface area contributed by atoms with Crippen LogP contribution in [0.15, 0.2) is 42.5 Å². The summed E-state index contributed by atoms with van der Waals surface area (Å²) in [5.41, 5.74) is 3.15. The predicted octanol–water partition coefficient (Wildman–Crippen LogP) is 3.49. The molecule has 0 saturated carbocycles. The van der Waals surface area contributed by atoms with Crippen LogP contribution in [0.2, 0.25) is 0 Å². The number of benzene rings is 2. The number of carboxylic acids is 1. The van der Waals surface area contributed by atoms with Crippen molar-refractivity contribution in [1.29, 1.82) is 5.26 Å². The molecule has 0 aliphatic heterocycles. The fraction of sp³-hybridized carbons (Fsp3) is 0.0556. The molecular weight excluding hydrogens is 374 g/mol. The molecule has 0 unspecified atom stereocenters. The minimum absolute atomic E-state index is 0.332. The summed E-state index contributed by atoms with van der Waals surface area (Å²) < 4.78 is 14.1. The molecule has 0 aliphatic rings. The third-order valence-electron chi connectivity index (χ3n) is 3.53. The Morgan fingerprint density at radius 1 is 1.21 bits per heavy atom. The molecule has 24 heavy (non-hydrogen) atoms. The van der Waals surface area contributed by atoms with Gasteiger partial charge in [0.05, 0.1) is 0 Å². The van der Waals surface area contributed by atoms with Crippen molar-refractivity contribution in [3.05, 3.63) is 64.0 Å². The van der Waals surface area contributed by atoms with Crippen molar-refractivity contribution < 1.29 is 14.3 Å². The summed E-state index contributed by atoms with van der Waals surface area (Å²) in [6.07, 6.45) is 0. The molecule has 0 atom stereocenters. The van der Waals surface area contributed by atoms with E-state index in [2.05, 4.69) is 11.1 Å². The summed E-state index contributed by atoms with van der Waals surface area (Å²) in [7, 11) is 0. The molecule has 0 spiro atoms. The van der Waals surface area contributed by atoms with Gasteiger partial charge in [0, 0.05) is 0 Å². The number of carbonyl (C=O) groups is 1. The summed E-state index contributed by atoms with van der Waals surface area (Å²) in [5, 5.41) is 18.6. The molecule has 1 N–H and O–H groups in total. The zero-order valence-corrected chi connectivity index (χ0v) is 14.3. The van der Waals surface area contributed by atoms with Crippen molar-refractivity contribution in [3.8, 4) is 27.3 Å². The molecule has 0 bridgehead atoms. The molecule has 0 radical (unpaired) electrons. The van der Waals surface area contributed by atoms with Gasteiger partial charge < -0.3 is 0 Å². The molecule has 0 saturated heterocycles. The number of carboxylic acid groups (broad SMARTS) is 1. The first-order chi connectivity index (χ1) is 11.5. The number of hydrogen-bond acceptors (Lipinski definition) is 3. The summed E-state index contributed by atoms with van der Waals surface area (Å²) in [5.74, 6) is -1.28. The summed E-state index contributed by atoms with van der Waals surface area (Å²) >= 11 is -0.389. The van der Waals surface area contributed by atoms with Gasteiger partial charge in [0.2, 0.25) is 0 Å². The second kappa shape index (κ2) is 6.40. The van der Waals surface area contributed by atoms with Gasteiger partial charge in [-0.3, -0.25) is 0 Å². The Labute approximate surface area is 143 Å². The standard InChI is InChI=1S/C18H11FN2O2Se/c1-10-16(18(22)23)24-17(21-10)12-4-7-15(13(8-12)9-20)11-2-5-14(19)6-3-11/h2-8H,1H3,(H,22,23). The topological polar surface area (TPSA) is 74.0 Å². The van der Waals surface area contributed by atoms with Crippen molar-refractivity contribution in [2.75, 3.05) is 0 Å². The zero-order valence-electron chi connectivity index (χ0n) is 12.6. The minimum atomic E-state index is -0.949. The second-order valence-corrected chi connectivity index (χ2v) is 7.21. The van der Waals surface area contributed by atoms with Crippen LogP contribution in [0.5, 0.6) is 0 Å². The first kappa shape index (κ1) is 16.1. The Morgan fingerprint density at radius 2 is 1.88 bits per heavy atom. The van der Waals surface area contributed by atoms with E-state index in [1.54, 1.807) is 31.2 Å². The van der Waals surface area contributed by atoms with Crippen LogP contribution in [0.1, 0.15) is 20.5 Å². The van der Waals surface area contributed by atoms with Gasteiger partial charge in [-0.05, 0) is 0 Å². The van der Waals surface area contributed by atoms with Crippen molar-refractivity contribution in [2.24, 2.45) is 0 Å². The summed E-state index contributed by atoms with van der Waals surface area (Å²) in [4.78, 5) is 15.5. The molecular formula is C18H11FN2O2Se. The monoisotopic (exact) mass is 386 g/mol. The van der Waals surface area contributed by atoms with Gasteiger partial charge in [0.1, 0.15) is 0 Å². The molecule has 1 aromatic heterocycles. The third kappa shape index (κ3) is 3.00. The Kier molecular flexibility index (Phi) is 4.30. The Bertz CT molecular complexity index is 972. The van der Waals surface area contributed by atoms with Crippen LogP contribution in [-0.4, -0.2) is 30.6 Å². The Hall–Kier alpha value is -2.74. The third-order valence-corrected chi connectivity index (χ3v) is 6.04. The number of aryl methyl sites for hydroxylation is 1. The summed E-state index contributed by atoms with van der Waals surface area (Å²) in [6, 6.07) is 13.4. The van der Waals surface area contributed by atoms with Crippen molar-refractivity contribution in [2.45, 2.75) is 6.92 Å². The van der Waals surface area contributed by atoms with Gasteiger partial charge >= 0.3 is 143 Å². The number of rotatable bonds is 3. The summed E-state index contributed by atoms with van der Waals surface area (Å²) in [6.45, 7) is 1.68. The van der Waals surface area contributed by atoms with Gasteiger partial charge in [-0.1, -0.05) is 0 Å². The molecule has 2 aromatic carbocycles. The molecule has 4 nitrogen and oxygen atoms in total. The normalized spacial score (nSPS) is 10.4. The van der Waals surface area contributed by atoms with E-state index in [4.69, 9.17) is 5.11 Å².